The third-order valence-corrected chi connectivity index (χ3v) is 2.57. The standard InChI is InChI=1S/C12H14O2/c1-9(13)8-12-11-5-3-2-4-10(11)6-7-14-12/h2-5,12H,6-8H2,1H3/t12-/m0/s1. The van der Waals surface area contributed by atoms with E-state index in [1.807, 2.05) is 12.1 Å². The molecule has 0 spiro atoms. The van der Waals surface area contributed by atoms with Crippen molar-refractivity contribution in [3.8, 4) is 0 Å². The first kappa shape index (κ1) is 9.41. The van der Waals surface area contributed by atoms with E-state index in [-0.39, 0.29) is 11.9 Å². The Morgan fingerprint density at radius 2 is 2.29 bits per heavy atom. The van der Waals surface area contributed by atoms with Crippen LogP contribution in [0.3, 0.4) is 0 Å². The molecule has 74 valence electrons. The maximum atomic E-state index is 11.0. The first-order valence-corrected chi connectivity index (χ1v) is 4.96. The van der Waals surface area contributed by atoms with Crippen molar-refractivity contribution in [2.45, 2.75) is 25.9 Å². The fourth-order valence-corrected chi connectivity index (χ4v) is 1.91. The summed E-state index contributed by atoms with van der Waals surface area (Å²) in [5, 5.41) is 0. The predicted molar refractivity (Wildman–Crippen MR) is 54.1 cm³/mol. The van der Waals surface area contributed by atoms with Gasteiger partial charge in [-0.2, -0.15) is 0 Å². The van der Waals surface area contributed by atoms with Gasteiger partial charge in [0.05, 0.1) is 12.7 Å². The van der Waals surface area contributed by atoms with Gasteiger partial charge in [0.25, 0.3) is 0 Å². The summed E-state index contributed by atoms with van der Waals surface area (Å²) in [6, 6.07) is 8.21. The van der Waals surface area contributed by atoms with Crippen LogP contribution in [0.15, 0.2) is 24.3 Å². The van der Waals surface area contributed by atoms with Crippen molar-refractivity contribution >= 4 is 5.78 Å². The van der Waals surface area contributed by atoms with Gasteiger partial charge in [-0.3, -0.25) is 4.79 Å². The van der Waals surface area contributed by atoms with Gasteiger partial charge in [0, 0.05) is 6.42 Å². The van der Waals surface area contributed by atoms with E-state index in [4.69, 9.17) is 4.74 Å². The number of fused-ring (bicyclic) bond motifs is 1. The minimum atomic E-state index is -0.0163. The van der Waals surface area contributed by atoms with Crippen LogP contribution in [0, 0.1) is 0 Å². The molecule has 0 unspecified atom stereocenters. The summed E-state index contributed by atoms with van der Waals surface area (Å²) in [4.78, 5) is 11.0. The summed E-state index contributed by atoms with van der Waals surface area (Å²) in [6.07, 6.45) is 1.44. The van der Waals surface area contributed by atoms with Crippen LogP contribution in [0.1, 0.15) is 30.6 Å². The molecule has 0 saturated carbocycles. The van der Waals surface area contributed by atoms with Gasteiger partial charge in [0.15, 0.2) is 0 Å². The van der Waals surface area contributed by atoms with Gasteiger partial charge >= 0.3 is 0 Å². The minimum Gasteiger partial charge on any atom is -0.373 e. The SMILES string of the molecule is CC(=O)C[C@@H]1OCCc2ccccc21. The molecular weight excluding hydrogens is 176 g/mol. The summed E-state index contributed by atoms with van der Waals surface area (Å²) in [6.45, 7) is 2.34. The molecule has 1 aliphatic heterocycles. The molecule has 0 bridgehead atoms. The van der Waals surface area contributed by atoms with Gasteiger partial charge in [0.1, 0.15) is 5.78 Å². The molecule has 0 radical (unpaired) electrons. The normalized spacial score (nSPS) is 20.2. The first-order chi connectivity index (χ1) is 6.77. The van der Waals surface area contributed by atoms with Crippen molar-refractivity contribution in [2.75, 3.05) is 6.61 Å². The third-order valence-electron chi connectivity index (χ3n) is 2.57. The van der Waals surface area contributed by atoms with E-state index in [0.29, 0.717) is 6.42 Å². The zero-order chi connectivity index (χ0) is 9.97. The van der Waals surface area contributed by atoms with Gasteiger partial charge in [0.2, 0.25) is 0 Å². The third kappa shape index (κ3) is 1.85. The Labute approximate surface area is 83.9 Å². The number of ketones is 1. The monoisotopic (exact) mass is 190 g/mol. The number of hydrogen-bond donors (Lipinski definition) is 0. The van der Waals surface area contributed by atoms with Gasteiger partial charge in [-0.05, 0) is 24.5 Å². The summed E-state index contributed by atoms with van der Waals surface area (Å²) >= 11 is 0. The number of carbonyl (C=O) groups is 1. The number of carbonyl (C=O) groups excluding carboxylic acids is 1. The van der Waals surface area contributed by atoms with E-state index in [0.717, 1.165) is 13.0 Å². The Kier molecular flexibility index (Phi) is 2.64. The van der Waals surface area contributed by atoms with E-state index >= 15 is 0 Å². The highest BCUT2D eigenvalue weighted by atomic mass is 16.5. The average molecular weight is 190 g/mol. The Morgan fingerprint density at radius 3 is 3.07 bits per heavy atom. The van der Waals surface area contributed by atoms with Crippen molar-refractivity contribution < 1.29 is 9.53 Å². The van der Waals surface area contributed by atoms with E-state index in [1.165, 1.54) is 11.1 Å². The van der Waals surface area contributed by atoms with Gasteiger partial charge < -0.3 is 4.74 Å². The lowest BCUT2D eigenvalue weighted by atomic mass is 9.95. The lowest BCUT2D eigenvalue weighted by Crippen LogP contribution is -2.18. The molecule has 2 rings (SSSR count). The smallest absolute Gasteiger partial charge is 0.132 e. The average Bonchev–Trinajstić information content (AvgIpc) is 2.18. The molecule has 0 saturated heterocycles. The van der Waals surface area contributed by atoms with Gasteiger partial charge in [-0.25, -0.2) is 0 Å². The fourth-order valence-electron chi connectivity index (χ4n) is 1.91. The molecule has 1 aromatic carbocycles. The van der Waals surface area contributed by atoms with Crippen molar-refractivity contribution in [3.05, 3.63) is 35.4 Å². The Balaban J connectivity index is 2.26. The number of ether oxygens (including phenoxy) is 1. The van der Waals surface area contributed by atoms with Crippen LogP contribution in [0.2, 0.25) is 0 Å². The summed E-state index contributed by atoms with van der Waals surface area (Å²) in [5.74, 6) is 0.187. The quantitative estimate of drug-likeness (QED) is 0.715. The second-order valence-corrected chi connectivity index (χ2v) is 3.71. The van der Waals surface area contributed by atoms with E-state index in [9.17, 15) is 4.79 Å². The first-order valence-electron chi connectivity index (χ1n) is 4.96. The molecule has 0 fully saturated rings. The zero-order valence-corrected chi connectivity index (χ0v) is 8.32. The second kappa shape index (κ2) is 3.93. The lowest BCUT2D eigenvalue weighted by Gasteiger charge is -2.25. The van der Waals surface area contributed by atoms with Crippen LogP contribution in [0.25, 0.3) is 0 Å². The fraction of sp³-hybridized carbons (Fsp3) is 0.417. The Hall–Kier alpha value is -1.15. The van der Waals surface area contributed by atoms with Crippen LogP contribution < -0.4 is 0 Å². The molecule has 2 nitrogen and oxygen atoms in total. The molecule has 0 N–H and O–H groups in total. The second-order valence-electron chi connectivity index (χ2n) is 3.71. The highest BCUT2D eigenvalue weighted by Crippen LogP contribution is 2.29. The van der Waals surface area contributed by atoms with Crippen molar-refractivity contribution in [2.24, 2.45) is 0 Å². The van der Waals surface area contributed by atoms with Crippen LogP contribution in [-0.4, -0.2) is 12.4 Å². The predicted octanol–water partition coefficient (Wildman–Crippen LogP) is 2.28. The largest absolute Gasteiger partial charge is 0.373 e. The summed E-state index contributed by atoms with van der Waals surface area (Å²) in [7, 11) is 0. The lowest BCUT2D eigenvalue weighted by molar-refractivity contribution is -0.120. The van der Waals surface area contributed by atoms with E-state index in [2.05, 4.69) is 12.1 Å². The van der Waals surface area contributed by atoms with Gasteiger partial charge in [-0.15, -0.1) is 0 Å². The topological polar surface area (TPSA) is 26.3 Å². The number of Topliss-reactive ketones (excluding diaryl/α,β-unsaturated/α-hetero) is 1. The Morgan fingerprint density at radius 1 is 1.50 bits per heavy atom. The van der Waals surface area contributed by atoms with Crippen LogP contribution in [0.4, 0.5) is 0 Å². The maximum Gasteiger partial charge on any atom is 0.132 e. The van der Waals surface area contributed by atoms with E-state index in [1.54, 1.807) is 6.92 Å². The molecule has 0 amide bonds. The molecule has 2 heteroatoms. The highest BCUT2D eigenvalue weighted by Gasteiger charge is 2.21. The Bertz CT molecular complexity index is 344. The van der Waals surface area contributed by atoms with Crippen molar-refractivity contribution in [1.82, 2.24) is 0 Å². The molecule has 1 aliphatic rings. The molecular formula is C12H14O2. The highest BCUT2D eigenvalue weighted by molar-refractivity contribution is 5.76. The molecule has 1 atom stereocenters. The number of hydrogen-bond acceptors (Lipinski definition) is 2. The van der Waals surface area contributed by atoms with Crippen LogP contribution in [0.5, 0.6) is 0 Å². The maximum absolute atomic E-state index is 11.0. The molecule has 0 aliphatic carbocycles. The molecule has 14 heavy (non-hydrogen) atoms. The molecule has 1 aromatic rings. The number of benzene rings is 1. The number of rotatable bonds is 2. The minimum absolute atomic E-state index is 0.0163. The van der Waals surface area contributed by atoms with Crippen molar-refractivity contribution in [3.63, 3.8) is 0 Å². The zero-order valence-electron chi connectivity index (χ0n) is 8.32. The molecule has 0 aromatic heterocycles. The van der Waals surface area contributed by atoms with E-state index < -0.39 is 0 Å². The van der Waals surface area contributed by atoms with Gasteiger partial charge in [-0.1, -0.05) is 24.3 Å². The molecule has 1 heterocycles. The summed E-state index contributed by atoms with van der Waals surface area (Å²) < 4.78 is 5.59. The van der Waals surface area contributed by atoms with Crippen LogP contribution >= 0.6 is 0 Å². The summed E-state index contributed by atoms with van der Waals surface area (Å²) in [5.41, 5.74) is 2.51. The van der Waals surface area contributed by atoms with Crippen molar-refractivity contribution in [1.29, 1.82) is 0 Å². The van der Waals surface area contributed by atoms with Crippen LogP contribution in [-0.2, 0) is 16.0 Å².